The first kappa shape index (κ1) is 7.26. The van der Waals surface area contributed by atoms with Crippen LogP contribution >= 0.6 is 0 Å². The Balaban J connectivity index is 3.79. The second-order valence-electron chi connectivity index (χ2n) is 3.70. The lowest BCUT2D eigenvalue weighted by atomic mass is 10.1. The summed E-state index contributed by atoms with van der Waals surface area (Å²) in [7, 11) is 0. The van der Waals surface area contributed by atoms with E-state index in [2.05, 4.69) is 0 Å². The van der Waals surface area contributed by atoms with Gasteiger partial charge in [-0.1, -0.05) is 0 Å². The van der Waals surface area contributed by atoms with Gasteiger partial charge in [0.2, 0.25) is 5.75 Å². The normalized spacial score (nSPS) is 20.0. The topological polar surface area (TPSA) is 128 Å². The third-order valence-electron chi connectivity index (χ3n) is 2.38. The number of benzene rings is 1. The van der Waals surface area contributed by atoms with Crippen molar-refractivity contribution in [3.8, 4) is 17.6 Å². The molecule has 1 amide bonds. The van der Waals surface area contributed by atoms with Gasteiger partial charge in [0.25, 0.3) is 5.91 Å². The Morgan fingerprint density at radius 1 is 1.55 bits per heavy atom. The molecule has 1 aromatic rings. The Bertz CT molecular complexity index is 984. The Hall–Kier alpha value is -3.08. The lowest BCUT2D eigenvalue weighted by molar-refractivity contribution is -0.386. The minimum Gasteiger partial charge on any atom is -0.504 e. The van der Waals surface area contributed by atoms with Crippen molar-refractivity contribution >= 4 is 17.7 Å². The number of nitro groups is 1. The maximum Gasteiger partial charge on any atom is 0.315 e. The zero-order valence-electron chi connectivity index (χ0n) is 20.7. The van der Waals surface area contributed by atoms with Crippen LogP contribution in [0.25, 0.3) is 6.08 Å². The molecule has 0 fully saturated rings. The number of hydrogen-bond acceptors (Lipinski definition) is 6. The highest BCUT2D eigenvalue weighted by Gasteiger charge is 2.20. The van der Waals surface area contributed by atoms with Gasteiger partial charge in [-0.25, -0.2) is 0 Å². The third-order valence-corrected chi connectivity index (χ3v) is 2.38. The number of phenols is 2. The molecule has 0 heterocycles. The van der Waals surface area contributed by atoms with Crippen molar-refractivity contribution in [1.82, 2.24) is 4.90 Å². The van der Waals surface area contributed by atoms with Gasteiger partial charge in [0.1, 0.15) is 11.6 Å². The van der Waals surface area contributed by atoms with Crippen molar-refractivity contribution in [2.45, 2.75) is 13.7 Å². The molecule has 0 aliphatic carbocycles. The number of amides is 1. The van der Waals surface area contributed by atoms with E-state index in [0.29, 0.717) is 18.2 Å². The van der Waals surface area contributed by atoms with Crippen LogP contribution in [0.1, 0.15) is 33.0 Å². The molecule has 116 valence electrons. The number of nitriles is 1. The van der Waals surface area contributed by atoms with Crippen molar-refractivity contribution in [2.24, 2.45) is 0 Å². The van der Waals surface area contributed by atoms with Crippen LogP contribution in [0.3, 0.4) is 0 Å². The largest absolute Gasteiger partial charge is 0.504 e. The van der Waals surface area contributed by atoms with Crippen LogP contribution in [0.5, 0.6) is 11.5 Å². The molecule has 1 rings (SSSR count). The highest BCUT2D eigenvalue weighted by molar-refractivity contribution is 6.01. The van der Waals surface area contributed by atoms with Gasteiger partial charge in [-0.2, -0.15) is 5.26 Å². The smallest absolute Gasteiger partial charge is 0.315 e. The van der Waals surface area contributed by atoms with E-state index in [9.17, 15) is 30.4 Å². The van der Waals surface area contributed by atoms with Crippen LogP contribution in [0.15, 0.2) is 17.7 Å². The molecule has 1 aromatic carbocycles. The number of likely N-dealkylation sites (N-methyl/N-ethyl adjacent to an activating group) is 1. The zero-order valence-corrected chi connectivity index (χ0v) is 10.7. The third kappa shape index (κ3) is 3.52. The fraction of sp³-hybridized carbons (Fsp3) is 0.286. The van der Waals surface area contributed by atoms with Crippen LogP contribution in [-0.2, 0) is 4.79 Å². The quantitative estimate of drug-likeness (QED) is 0.280. The Morgan fingerprint density at radius 2 is 2.18 bits per heavy atom. The number of carbonyl (C=O) groups is 1. The van der Waals surface area contributed by atoms with Gasteiger partial charge < -0.3 is 15.1 Å². The molecule has 8 heteroatoms. The maximum absolute atomic E-state index is 12.8. The van der Waals surface area contributed by atoms with Gasteiger partial charge in [0.15, 0.2) is 5.75 Å². The average Bonchev–Trinajstić information content (AvgIpc) is 2.59. The van der Waals surface area contributed by atoms with Crippen LogP contribution in [0.2, 0.25) is 0 Å². The van der Waals surface area contributed by atoms with Gasteiger partial charge in [-0.15, -0.1) is 0 Å². The van der Waals surface area contributed by atoms with Crippen LogP contribution in [-0.4, -0.2) is 38.9 Å². The van der Waals surface area contributed by atoms with Crippen molar-refractivity contribution in [3.63, 3.8) is 0 Å². The fourth-order valence-electron chi connectivity index (χ4n) is 1.41. The zero-order chi connectivity index (χ0) is 25.4. The molecule has 0 aliphatic heterocycles. The van der Waals surface area contributed by atoms with Crippen LogP contribution < -0.4 is 0 Å². The first-order chi connectivity index (χ1) is 14.2. The number of aromatic hydroxyl groups is 2. The standard InChI is InChI=1S/C14H15N3O5/c1-3-16(4-2)14(20)10(8-15)5-9-6-11(17(21)22)13(19)12(18)7-9/h5-7,18-19H,3-4H2,1-2H3/i1D3,2D3,3D2,4D2. The molecule has 8 nitrogen and oxygen atoms in total. The second-order valence-corrected chi connectivity index (χ2v) is 3.70. The molecule has 0 atom stereocenters. The van der Waals surface area contributed by atoms with E-state index in [1.807, 2.05) is 0 Å². The van der Waals surface area contributed by atoms with Crippen LogP contribution in [0, 0.1) is 21.4 Å². The summed E-state index contributed by atoms with van der Waals surface area (Å²) in [6.07, 6.45) is 0.493. The average molecular weight is 315 g/mol. The van der Waals surface area contributed by atoms with E-state index in [-0.39, 0.29) is 0 Å². The van der Waals surface area contributed by atoms with Gasteiger partial charge in [0.05, 0.1) is 4.92 Å². The van der Waals surface area contributed by atoms with Crippen molar-refractivity contribution in [2.75, 3.05) is 13.0 Å². The first-order valence-corrected chi connectivity index (χ1v) is 5.37. The lowest BCUT2D eigenvalue weighted by Crippen LogP contribution is -2.31. The molecule has 0 radical (unpaired) electrons. The Labute approximate surface area is 140 Å². The molecule has 0 spiro atoms. The minimum atomic E-state index is -3.92. The number of carbonyl (C=O) groups excluding carboxylic acids is 1. The predicted molar refractivity (Wildman–Crippen MR) is 77.9 cm³/mol. The molecule has 0 aromatic heterocycles. The fourth-order valence-corrected chi connectivity index (χ4v) is 1.41. The summed E-state index contributed by atoms with van der Waals surface area (Å²) in [5, 5.41) is 39.4. The SMILES string of the molecule is [2H]C([2H])([2H])C([2H])([2H])N(C(=O)C(C#N)=Cc1cc(O)c(O)c([N+](=O)[O-])c1)C([2H])([2H])C([2H])([2H])[2H]. The van der Waals surface area contributed by atoms with Gasteiger partial charge in [-0.3, -0.25) is 14.9 Å². The number of rotatable bonds is 5. The number of hydrogen-bond donors (Lipinski definition) is 2. The highest BCUT2D eigenvalue weighted by Crippen LogP contribution is 2.36. The summed E-state index contributed by atoms with van der Waals surface area (Å²) in [6, 6.07) is 2.47. The molecule has 0 saturated heterocycles. The van der Waals surface area contributed by atoms with E-state index in [1.165, 1.54) is 6.07 Å². The van der Waals surface area contributed by atoms with Gasteiger partial charge in [-0.05, 0) is 31.4 Å². The van der Waals surface area contributed by atoms with E-state index in [0.717, 1.165) is 0 Å². The Morgan fingerprint density at radius 3 is 2.68 bits per heavy atom. The van der Waals surface area contributed by atoms with Crippen molar-refractivity contribution in [1.29, 1.82) is 5.26 Å². The molecular formula is C14H15N3O5. The van der Waals surface area contributed by atoms with Gasteiger partial charge >= 0.3 is 5.69 Å². The number of nitrogens with zero attached hydrogens (tertiary/aromatic N) is 3. The lowest BCUT2D eigenvalue weighted by Gasteiger charge is -2.17. The molecule has 0 unspecified atom stereocenters. The van der Waals surface area contributed by atoms with Gasteiger partial charge in [0, 0.05) is 32.8 Å². The molecular weight excluding hydrogens is 290 g/mol. The number of nitro benzene ring substituents is 1. The summed E-state index contributed by atoms with van der Waals surface area (Å²) in [4.78, 5) is 21.9. The minimum absolute atomic E-state index is 0.472. The summed E-state index contributed by atoms with van der Waals surface area (Å²) < 4.78 is 74.5. The maximum atomic E-state index is 12.8. The predicted octanol–water partition coefficient (Wildman–Crippen LogP) is 1.78. The van der Waals surface area contributed by atoms with E-state index in [4.69, 9.17) is 13.7 Å². The summed E-state index contributed by atoms with van der Waals surface area (Å²) in [5.41, 5.74) is -2.74. The highest BCUT2D eigenvalue weighted by atomic mass is 16.6. The van der Waals surface area contributed by atoms with Crippen molar-refractivity contribution in [3.05, 3.63) is 33.4 Å². The first-order valence-electron chi connectivity index (χ1n) is 10.4. The second kappa shape index (κ2) is 7.08. The Kier molecular flexibility index (Phi) is 2.34. The molecule has 22 heavy (non-hydrogen) atoms. The van der Waals surface area contributed by atoms with E-state index < -0.39 is 70.8 Å². The monoisotopic (exact) mass is 315 g/mol. The summed E-state index contributed by atoms with van der Waals surface area (Å²) >= 11 is 0. The summed E-state index contributed by atoms with van der Waals surface area (Å²) in [5.74, 6) is -4.18. The van der Waals surface area contributed by atoms with E-state index in [1.54, 1.807) is 0 Å². The molecule has 0 bridgehead atoms. The number of phenolic OH excluding ortho intramolecular Hbond substituents is 2. The summed E-state index contributed by atoms with van der Waals surface area (Å²) in [6.45, 7) is -15.3. The molecule has 0 saturated carbocycles. The molecule has 0 aliphatic rings. The molecule has 2 N–H and O–H groups in total. The van der Waals surface area contributed by atoms with Crippen LogP contribution in [0.4, 0.5) is 5.69 Å². The van der Waals surface area contributed by atoms with E-state index >= 15 is 0 Å². The van der Waals surface area contributed by atoms with Crippen molar-refractivity contribution < 1.29 is 33.6 Å².